The lowest BCUT2D eigenvalue weighted by Crippen LogP contribution is -2.25. The van der Waals surface area contributed by atoms with E-state index in [0.29, 0.717) is 0 Å². The fraction of sp³-hybridized carbons (Fsp3) is 0.0667. The van der Waals surface area contributed by atoms with Crippen LogP contribution in [0.4, 0.5) is 0 Å². The van der Waals surface area contributed by atoms with E-state index in [1.54, 1.807) is 11.8 Å². The molecule has 2 aliphatic rings. The molecule has 0 aliphatic heterocycles. The highest BCUT2D eigenvalue weighted by Crippen LogP contribution is 2.63. The first-order valence-electron chi connectivity index (χ1n) is 15.7. The molecule has 0 fully saturated rings. The lowest BCUT2D eigenvalue weighted by molar-refractivity contribution is 0.794. The number of hydrogen-bond donors (Lipinski definition) is 0. The first-order valence-corrected chi connectivity index (χ1v) is 16.5. The summed E-state index contributed by atoms with van der Waals surface area (Å²) in [6.45, 7) is 16.1. The van der Waals surface area contributed by atoms with Gasteiger partial charge in [-0.3, -0.25) is 0 Å². The lowest BCUT2D eigenvalue weighted by atomic mass is 9.70. The maximum atomic E-state index is 4.18. The average molecular weight is 609 g/mol. The minimum absolute atomic E-state index is 0.308. The summed E-state index contributed by atoms with van der Waals surface area (Å²) in [4.78, 5) is 2.44. The molecule has 8 rings (SSSR count). The second kappa shape index (κ2) is 12.0. The van der Waals surface area contributed by atoms with E-state index in [9.17, 15) is 0 Å². The fourth-order valence-electron chi connectivity index (χ4n) is 7.25. The molecule has 0 saturated carbocycles. The van der Waals surface area contributed by atoms with Crippen molar-refractivity contribution in [1.29, 1.82) is 0 Å². The molecule has 0 N–H and O–H groups in total. The summed E-state index contributed by atoms with van der Waals surface area (Å²) in [5, 5.41) is 0. The molecular formula is C45H36S. The second-order valence-electron chi connectivity index (χ2n) is 12.0. The monoisotopic (exact) mass is 608 g/mol. The largest absolute Gasteiger partial charge is 0.0985 e. The van der Waals surface area contributed by atoms with Crippen LogP contribution in [0.2, 0.25) is 0 Å². The molecule has 46 heavy (non-hydrogen) atoms. The Morgan fingerprint density at radius 1 is 0.587 bits per heavy atom. The van der Waals surface area contributed by atoms with Crippen molar-refractivity contribution in [2.45, 2.75) is 24.2 Å². The van der Waals surface area contributed by atoms with E-state index in [-0.39, 0.29) is 5.41 Å². The molecule has 0 atom stereocenters. The van der Waals surface area contributed by atoms with E-state index in [1.165, 1.54) is 66.1 Å². The summed E-state index contributed by atoms with van der Waals surface area (Å²) in [6, 6.07) is 50.7. The van der Waals surface area contributed by atoms with Crippen LogP contribution in [0.5, 0.6) is 0 Å². The lowest BCUT2D eigenvalue weighted by Gasteiger charge is -2.30. The Bertz CT molecular complexity index is 2120. The number of benzene rings is 6. The third-order valence-corrected chi connectivity index (χ3v) is 10.2. The molecule has 0 amide bonds. The zero-order valence-corrected chi connectivity index (χ0v) is 27.2. The van der Waals surface area contributed by atoms with Crippen molar-refractivity contribution < 1.29 is 0 Å². The highest BCUT2D eigenvalue weighted by Gasteiger charge is 2.51. The number of aryl methyl sites for hydroxylation is 1. The molecule has 6 aromatic carbocycles. The zero-order valence-electron chi connectivity index (χ0n) is 26.4. The van der Waals surface area contributed by atoms with Crippen molar-refractivity contribution in [1.82, 2.24) is 0 Å². The molecule has 0 radical (unpaired) electrons. The van der Waals surface area contributed by atoms with Crippen LogP contribution >= 0.6 is 11.8 Å². The molecule has 0 bridgehead atoms. The van der Waals surface area contributed by atoms with E-state index in [0.717, 1.165) is 16.0 Å². The van der Waals surface area contributed by atoms with Gasteiger partial charge in [-0.2, -0.15) is 0 Å². The van der Waals surface area contributed by atoms with Crippen molar-refractivity contribution in [3.63, 3.8) is 0 Å². The average Bonchev–Trinajstić information content (AvgIpc) is 3.57. The Balaban J connectivity index is 0.000000263. The third-order valence-electron chi connectivity index (χ3n) is 9.19. The second-order valence-corrected chi connectivity index (χ2v) is 13.3. The molecule has 0 heterocycles. The predicted molar refractivity (Wildman–Crippen MR) is 199 cm³/mol. The highest BCUT2D eigenvalue weighted by atomic mass is 32.2. The van der Waals surface area contributed by atoms with Gasteiger partial charge in [0.1, 0.15) is 0 Å². The van der Waals surface area contributed by atoms with Crippen LogP contribution < -0.4 is 0 Å². The minimum Gasteiger partial charge on any atom is -0.0985 e. The first kappa shape index (κ1) is 29.6. The van der Waals surface area contributed by atoms with Crippen LogP contribution in [0.25, 0.3) is 39.0 Å². The summed E-state index contributed by atoms with van der Waals surface area (Å²) in [5.74, 6) is 0. The number of thioether (sulfide) groups is 1. The van der Waals surface area contributed by atoms with Crippen LogP contribution in [0.1, 0.15) is 40.3 Å². The molecule has 222 valence electrons. The molecule has 2 aliphatic carbocycles. The van der Waals surface area contributed by atoms with E-state index in [4.69, 9.17) is 0 Å². The molecule has 0 aromatic heterocycles. The van der Waals surface area contributed by atoms with E-state index < -0.39 is 0 Å². The van der Waals surface area contributed by atoms with Gasteiger partial charge in [0.25, 0.3) is 0 Å². The molecule has 0 nitrogen and oxygen atoms in total. The maximum absolute atomic E-state index is 4.18. The van der Waals surface area contributed by atoms with Crippen LogP contribution in [-0.2, 0) is 5.41 Å². The maximum Gasteiger partial charge on any atom is 0.0725 e. The summed E-state index contributed by atoms with van der Waals surface area (Å²) < 4.78 is 0. The Labute approximate surface area is 277 Å². The van der Waals surface area contributed by atoms with Crippen molar-refractivity contribution >= 4 is 17.3 Å². The Hall–Kier alpha value is -5.11. The normalized spacial score (nSPS) is 12.7. The Morgan fingerprint density at radius 3 is 1.74 bits per heavy atom. The molecule has 6 aromatic rings. The van der Waals surface area contributed by atoms with E-state index in [1.807, 2.05) is 13.0 Å². The molecular weight excluding hydrogens is 573 g/mol. The van der Waals surface area contributed by atoms with Gasteiger partial charge in [-0.25, -0.2) is 0 Å². The van der Waals surface area contributed by atoms with Gasteiger partial charge in [0.2, 0.25) is 0 Å². The van der Waals surface area contributed by atoms with Gasteiger partial charge in [-0.15, -0.1) is 0 Å². The van der Waals surface area contributed by atoms with Crippen LogP contribution in [0, 0.1) is 6.92 Å². The topological polar surface area (TPSA) is 0 Å². The van der Waals surface area contributed by atoms with Crippen molar-refractivity contribution in [2.75, 3.05) is 0 Å². The molecule has 0 saturated heterocycles. The predicted octanol–water partition coefficient (Wildman–Crippen LogP) is 12.5. The minimum atomic E-state index is -0.308. The Kier molecular flexibility index (Phi) is 7.72. The number of allylic oxidation sites excluding steroid dienone is 3. The van der Waals surface area contributed by atoms with E-state index >= 15 is 0 Å². The van der Waals surface area contributed by atoms with Crippen molar-refractivity contribution in [3.8, 4) is 33.4 Å². The van der Waals surface area contributed by atoms with Gasteiger partial charge >= 0.3 is 0 Å². The third kappa shape index (κ3) is 4.71. The Morgan fingerprint density at radius 2 is 1.11 bits per heavy atom. The quantitative estimate of drug-likeness (QED) is 0.138. The van der Waals surface area contributed by atoms with Gasteiger partial charge in [0, 0.05) is 4.90 Å². The van der Waals surface area contributed by atoms with Crippen LogP contribution in [-0.4, -0.2) is 0 Å². The van der Waals surface area contributed by atoms with Crippen molar-refractivity contribution in [2.24, 2.45) is 0 Å². The summed E-state index contributed by atoms with van der Waals surface area (Å²) in [7, 11) is 0. The van der Waals surface area contributed by atoms with E-state index in [2.05, 4.69) is 166 Å². The van der Waals surface area contributed by atoms with Crippen LogP contribution in [0.3, 0.4) is 0 Å². The van der Waals surface area contributed by atoms with Crippen molar-refractivity contribution in [3.05, 3.63) is 204 Å². The number of rotatable bonds is 5. The number of hydrogen-bond acceptors (Lipinski definition) is 1. The first-order chi connectivity index (χ1) is 22.4. The van der Waals surface area contributed by atoms with Gasteiger partial charge < -0.3 is 0 Å². The van der Waals surface area contributed by atoms with Gasteiger partial charge in [-0.05, 0) is 103 Å². The fourth-order valence-corrected chi connectivity index (χ4v) is 8.00. The smallest absolute Gasteiger partial charge is 0.0725 e. The number of fused-ring (bicyclic) bond motifs is 10. The molecule has 1 spiro atoms. The SMILES string of the molecule is C=C(C)Sc1ccccc1C.C=CC(=C)c1cccc(-c2cccc3c2-c2ccccc2C32c3ccccc3-c3ccccc32)c1. The highest BCUT2D eigenvalue weighted by molar-refractivity contribution is 8.03. The standard InChI is InChI=1S/C35H24.C10H12S/c1-3-23(2)24-12-10-13-25(22-24)26-17-11-21-33-34(26)29-16-6-9-20-32(29)35(33)30-18-7-4-14-27(30)28-15-5-8-19-31(28)35;1-8(2)11-10-7-5-4-6-9(10)3/h3-22H,1-2H2;4-7H,1H2,2-3H3. The summed E-state index contributed by atoms with van der Waals surface area (Å²) in [6.07, 6.45) is 1.82. The molecule has 0 unspecified atom stereocenters. The van der Waals surface area contributed by atoms with Gasteiger partial charge in [0.05, 0.1) is 5.41 Å². The zero-order chi connectivity index (χ0) is 31.8. The van der Waals surface area contributed by atoms with Gasteiger partial charge in [0.15, 0.2) is 0 Å². The summed E-state index contributed by atoms with van der Waals surface area (Å²) >= 11 is 1.73. The van der Waals surface area contributed by atoms with Crippen LogP contribution in [0.15, 0.2) is 175 Å². The van der Waals surface area contributed by atoms with Gasteiger partial charge in [-0.1, -0.05) is 165 Å². The molecule has 1 heteroatoms. The summed E-state index contributed by atoms with van der Waals surface area (Å²) in [5.41, 5.74) is 16.3.